The molecule has 0 aromatic carbocycles. The van der Waals surface area contributed by atoms with Gasteiger partial charge in [-0.15, -0.1) is 0 Å². The van der Waals surface area contributed by atoms with Crippen LogP contribution in [-0.4, -0.2) is 31.7 Å². The third-order valence-electron chi connectivity index (χ3n) is 3.95. The Labute approximate surface area is 147 Å². The number of H-pyrrole nitrogens is 1. The minimum atomic E-state index is -4.06. The summed E-state index contributed by atoms with van der Waals surface area (Å²) in [5, 5.41) is 6.84. The number of carbonyl (C=O) groups is 1. The van der Waals surface area contributed by atoms with E-state index in [2.05, 4.69) is 26.6 Å². The molecule has 2 heterocycles. The van der Waals surface area contributed by atoms with Crippen LogP contribution in [0.5, 0.6) is 0 Å². The highest BCUT2D eigenvalue weighted by molar-refractivity contribution is 7.92. The zero-order chi connectivity index (χ0) is 18.8. The summed E-state index contributed by atoms with van der Waals surface area (Å²) in [5.74, 6) is -0.0789. The number of ether oxygens (including phenoxy) is 1. The van der Waals surface area contributed by atoms with E-state index in [9.17, 15) is 13.2 Å². The van der Waals surface area contributed by atoms with E-state index in [1.54, 1.807) is 6.07 Å². The van der Waals surface area contributed by atoms with Crippen molar-refractivity contribution in [3.63, 3.8) is 0 Å². The first-order valence-electron chi connectivity index (χ1n) is 7.97. The highest BCUT2D eigenvalue weighted by Gasteiger charge is 2.32. The summed E-state index contributed by atoms with van der Waals surface area (Å²) < 4.78 is 37.9. The summed E-state index contributed by atoms with van der Waals surface area (Å²) in [6, 6.07) is 1.65. The lowest BCUT2D eigenvalue weighted by Gasteiger charge is -2.07. The molecule has 8 nitrogen and oxygen atoms in total. The van der Waals surface area contributed by atoms with Gasteiger partial charge in [0.05, 0.1) is 7.11 Å². The molecule has 2 rings (SSSR count). The monoisotopic (exact) mass is 369 g/mol. The van der Waals surface area contributed by atoms with E-state index in [0.717, 1.165) is 18.5 Å². The predicted octanol–water partition coefficient (Wildman–Crippen LogP) is 3.11. The summed E-state index contributed by atoms with van der Waals surface area (Å²) in [6.45, 7) is 7.10. The number of nitrogens with zero attached hydrogens (tertiary/aromatic N) is 1. The number of hydrogen-bond donors (Lipinski definition) is 2. The summed E-state index contributed by atoms with van der Waals surface area (Å²) in [7, 11) is -2.88. The SMILES string of the molecule is CCCC(C)c1cc(NS(=O)(=O)c2c(C)oc(C)c2C(=O)OC)n[nH]1. The molecule has 0 saturated carbocycles. The fraction of sp³-hybridized carbons (Fsp3) is 0.500. The number of methoxy groups -OCH3 is 1. The first kappa shape index (κ1) is 19.0. The van der Waals surface area contributed by atoms with E-state index < -0.39 is 16.0 Å². The minimum absolute atomic E-state index is 0.109. The standard InChI is InChI=1S/C16H23N3O5S/c1-6-7-9(2)12-8-13(18-17-12)19-25(21,22)15-11(4)24-10(3)14(15)16(20)23-5/h8-9H,6-7H2,1-5H3,(H2,17,18,19). The van der Waals surface area contributed by atoms with Crippen LogP contribution in [-0.2, 0) is 14.8 Å². The van der Waals surface area contributed by atoms with E-state index in [4.69, 9.17) is 4.42 Å². The van der Waals surface area contributed by atoms with Gasteiger partial charge in [-0.2, -0.15) is 5.10 Å². The average Bonchev–Trinajstić information content (AvgIpc) is 3.10. The van der Waals surface area contributed by atoms with Gasteiger partial charge in [0.25, 0.3) is 10.0 Å². The Morgan fingerprint density at radius 1 is 1.40 bits per heavy atom. The van der Waals surface area contributed by atoms with Crippen molar-refractivity contribution in [1.82, 2.24) is 10.2 Å². The van der Waals surface area contributed by atoms with Crippen LogP contribution >= 0.6 is 0 Å². The number of carbonyl (C=O) groups excluding carboxylic acids is 1. The van der Waals surface area contributed by atoms with Crippen LogP contribution in [0.3, 0.4) is 0 Å². The Hall–Kier alpha value is -2.29. The zero-order valence-electron chi connectivity index (χ0n) is 15.0. The number of sulfonamides is 1. The fourth-order valence-electron chi connectivity index (χ4n) is 2.74. The number of aromatic amines is 1. The molecule has 0 bridgehead atoms. The van der Waals surface area contributed by atoms with E-state index in [0.29, 0.717) is 0 Å². The third kappa shape index (κ3) is 3.87. The first-order chi connectivity index (χ1) is 11.7. The molecule has 0 aliphatic heterocycles. The number of esters is 1. The maximum atomic E-state index is 12.7. The Morgan fingerprint density at radius 2 is 2.08 bits per heavy atom. The second-order valence-corrected chi connectivity index (χ2v) is 7.53. The van der Waals surface area contributed by atoms with Crippen molar-refractivity contribution in [2.45, 2.75) is 51.3 Å². The topological polar surface area (TPSA) is 114 Å². The summed E-state index contributed by atoms with van der Waals surface area (Å²) in [4.78, 5) is 11.7. The van der Waals surface area contributed by atoms with Gasteiger partial charge in [-0.05, 0) is 26.2 Å². The van der Waals surface area contributed by atoms with E-state index in [1.807, 2.05) is 6.92 Å². The fourth-order valence-corrected chi connectivity index (χ4v) is 4.14. The Morgan fingerprint density at radius 3 is 2.68 bits per heavy atom. The highest BCUT2D eigenvalue weighted by Crippen LogP contribution is 2.29. The molecule has 0 aliphatic rings. The lowest BCUT2D eigenvalue weighted by atomic mass is 10.0. The van der Waals surface area contributed by atoms with Crippen molar-refractivity contribution in [1.29, 1.82) is 0 Å². The number of nitrogens with one attached hydrogen (secondary N) is 2. The molecular weight excluding hydrogens is 346 g/mol. The molecule has 2 aromatic rings. The molecule has 1 unspecified atom stereocenters. The summed E-state index contributed by atoms with van der Waals surface area (Å²) in [5.41, 5.74) is 0.732. The number of hydrogen-bond acceptors (Lipinski definition) is 6. The molecule has 0 amide bonds. The predicted molar refractivity (Wildman–Crippen MR) is 92.2 cm³/mol. The molecule has 0 spiro atoms. The van der Waals surface area contributed by atoms with Crippen LogP contribution in [0.4, 0.5) is 5.82 Å². The van der Waals surface area contributed by atoms with Gasteiger partial charge in [0.2, 0.25) is 0 Å². The molecule has 9 heteroatoms. The normalized spacial score (nSPS) is 12.8. The zero-order valence-corrected chi connectivity index (χ0v) is 15.8. The van der Waals surface area contributed by atoms with Gasteiger partial charge in [-0.1, -0.05) is 20.3 Å². The Bertz CT molecular complexity index is 866. The smallest absolute Gasteiger partial charge is 0.342 e. The van der Waals surface area contributed by atoms with Crippen molar-refractivity contribution in [2.75, 3.05) is 11.8 Å². The van der Waals surface area contributed by atoms with Crippen LogP contribution in [0.1, 0.15) is 60.2 Å². The maximum Gasteiger partial charge on any atom is 0.342 e. The average molecular weight is 369 g/mol. The van der Waals surface area contributed by atoms with Crippen molar-refractivity contribution < 1.29 is 22.4 Å². The molecule has 25 heavy (non-hydrogen) atoms. The van der Waals surface area contributed by atoms with Gasteiger partial charge in [0.1, 0.15) is 22.0 Å². The van der Waals surface area contributed by atoms with Crippen LogP contribution in [0.15, 0.2) is 15.4 Å². The molecule has 0 aliphatic carbocycles. The quantitative estimate of drug-likeness (QED) is 0.725. The van der Waals surface area contributed by atoms with Gasteiger partial charge in [0, 0.05) is 11.8 Å². The molecule has 2 N–H and O–H groups in total. The van der Waals surface area contributed by atoms with Crippen LogP contribution < -0.4 is 4.72 Å². The molecule has 138 valence electrons. The number of aromatic nitrogens is 2. The van der Waals surface area contributed by atoms with Crippen molar-refractivity contribution in [3.05, 3.63) is 28.8 Å². The molecule has 0 saturated heterocycles. The number of furan rings is 1. The highest BCUT2D eigenvalue weighted by atomic mass is 32.2. The number of anilines is 1. The van der Waals surface area contributed by atoms with Gasteiger partial charge in [0.15, 0.2) is 5.82 Å². The molecule has 1 atom stereocenters. The minimum Gasteiger partial charge on any atom is -0.465 e. The van der Waals surface area contributed by atoms with Gasteiger partial charge >= 0.3 is 5.97 Å². The lowest BCUT2D eigenvalue weighted by molar-refractivity contribution is 0.0595. The van der Waals surface area contributed by atoms with Crippen LogP contribution in [0.25, 0.3) is 0 Å². The van der Waals surface area contributed by atoms with Gasteiger partial charge < -0.3 is 9.15 Å². The van der Waals surface area contributed by atoms with E-state index >= 15 is 0 Å². The second-order valence-electron chi connectivity index (χ2n) is 5.91. The maximum absolute atomic E-state index is 12.7. The summed E-state index contributed by atoms with van der Waals surface area (Å²) in [6.07, 6.45) is 1.97. The molecule has 2 aromatic heterocycles. The molecule has 0 fully saturated rings. The Kier molecular flexibility index (Phi) is 5.56. The van der Waals surface area contributed by atoms with Crippen molar-refractivity contribution in [2.24, 2.45) is 0 Å². The second kappa shape index (κ2) is 7.30. The third-order valence-corrected chi connectivity index (χ3v) is 5.46. The van der Waals surface area contributed by atoms with Gasteiger partial charge in [-0.25, -0.2) is 13.2 Å². The Balaban J connectivity index is 2.36. The first-order valence-corrected chi connectivity index (χ1v) is 9.46. The van der Waals surface area contributed by atoms with Crippen LogP contribution in [0, 0.1) is 13.8 Å². The van der Waals surface area contributed by atoms with E-state index in [-0.39, 0.29) is 33.7 Å². The summed E-state index contributed by atoms with van der Waals surface area (Å²) >= 11 is 0. The lowest BCUT2D eigenvalue weighted by Crippen LogP contribution is -2.17. The number of aryl methyl sites for hydroxylation is 2. The molecular formula is C16H23N3O5S. The van der Waals surface area contributed by atoms with Crippen LogP contribution in [0.2, 0.25) is 0 Å². The number of rotatable bonds is 7. The van der Waals surface area contributed by atoms with Gasteiger partial charge in [-0.3, -0.25) is 9.82 Å². The van der Waals surface area contributed by atoms with Crippen molar-refractivity contribution >= 4 is 21.8 Å². The largest absolute Gasteiger partial charge is 0.465 e. The van der Waals surface area contributed by atoms with E-state index in [1.165, 1.54) is 21.0 Å². The van der Waals surface area contributed by atoms with Crippen molar-refractivity contribution in [3.8, 4) is 0 Å². The molecule has 0 radical (unpaired) electrons.